The second-order valence-electron chi connectivity index (χ2n) is 3.89. The van der Waals surface area contributed by atoms with Crippen LogP contribution in [-0.2, 0) is 14.2 Å². The van der Waals surface area contributed by atoms with Crippen LogP contribution >= 0.6 is 22.7 Å². The highest BCUT2D eigenvalue weighted by Gasteiger charge is 2.16. The van der Waals surface area contributed by atoms with E-state index in [9.17, 15) is 0 Å². The van der Waals surface area contributed by atoms with Crippen molar-refractivity contribution in [2.24, 2.45) is 0 Å². The highest BCUT2D eigenvalue weighted by atomic mass is 32.1. The Morgan fingerprint density at radius 2 is 1.58 bits per heavy atom. The Hall–Kier alpha value is -0.720. The Balaban J connectivity index is 1.82. The van der Waals surface area contributed by atoms with Crippen LogP contribution in [0.25, 0.3) is 0 Å². The average Bonchev–Trinajstić information content (AvgIpc) is 3.11. The summed E-state index contributed by atoms with van der Waals surface area (Å²) in [6.45, 7) is 2.42. The fourth-order valence-corrected chi connectivity index (χ4v) is 3.31. The SMILES string of the molecule is COCCOCCOC(c1cccs1)c1cccs1. The third-order valence-electron chi connectivity index (χ3n) is 2.55. The predicted molar refractivity (Wildman–Crippen MR) is 79.1 cm³/mol. The third kappa shape index (κ3) is 4.71. The summed E-state index contributed by atoms with van der Waals surface area (Å²) in [5.74, 6) is 0. The minimum atomic E-state index is 0.0334. The molecule has 0 saturated heterocycles. The molecule has 0 aromatic carbocycles. The molecule has 3 nitrogen and oxygen atoms in total. The van der Waals surface area contributed by atoms with Crippen LogP contribution < -0.4 is 0 Å². The van der Waals surface area contributed by atoms with Gasteiger partial charge in [0.15, 0.2) is 0 Å². The van der Waals surface area contributed by atoms with Gasteiger partial charge in [-0.25, -0.2) is 0 Å². The van der Waals surface area contributed by atoms with Gasteiger partial charge in [-0.2, -0.15) is 0 Å². The standard InChI is InChI=1S/C14H18O3S2/c1-15-6-7-16-8-9-17-14(12-4-2-10-18-12)13-5-3-11-19-13/h2-5,10-11,14H,6-9H2,1H3. The lowest BCUT2D eigenvalue weighted by Gasteiger charge is -2.15. The van der Waals surface area contributed by atoms with Crippen LogP contribution in [0, 0.1) is 0 Å². The van der Waals surface area contributed by atoms with E-state index < -0.39 is 0 Å². The topological polar surface area (TPSA) is 27.7 Å². The highest BCUT2D eigenvalue weighted by Crippen LogP contribution is 2.32. The molecule has 0 amide bonds. The largest absolute Gasteiger partial charge is 0.382 e. The molecule has 5 heteroatoms. The maximum absolute atomic E-state index is 5.97. The van der Waals surface area contributed by atoms with Gasteiger partial charge in [-0.15, -0.1) is 22.7 Å². The molecule has 0 atom stereocenters. The summed E-state index contributed by atoms with van der Waals surface area (Å²) < 4.78 is 16.3. The van der Waals surface area contributed by atoms with Gasteiger partial charge in [0.2, 0.25) is 0 Å². The van der Waals surface area contributed by atoms with Crippen molar-refractivity contribution in [2.45, 2.75) is 6.10 Å². The molecule has 0 bridgehead atoms. The van der Waals surface area contributed by atoms with E-state index in [1.807, 2.05) is 0 Å². The van der Waals surface area contributed by atoms with Crippen molar-refractivity contribution in [2.75, 3.05) is 33.5 Å². The van der Waals surface area contributed by atoms with Gasteiger partial charge in [0.05, 0.1) is 26.4 Å². The van der Waals surface area contributed by atoms with Crippen LogP contribution in [-0.4, -0.2) is 33.5 Å². The monoisotopic (exact) mass is 298 g/mol. The number of ether oxygens (including phenoxy) is 3. The van der Waals surface area contributed by atoms with E-state index in [-0.39, 0.29) is 6.10 Å². The van der Waals surface area contributed by atoms with Gasteiger partial charge < -0.3 is 14.2 Å². The van der Waals surface area contributed by atoms with Crippen LogP contribution in [0.4, 0.5) is 0 Å². The lowest BCUT2D eigenvalue weighted by molar-refractivity contribution is 0.00704. The van der Waals surface area contributed by atoms with Crippen LogP contribution in [0.15, 0.2) is 35.0 Å². The van der Waals surface area contributed by atoms with Crippen LogP contribution in [0.3, 0.4) is 0 Å². The summed E-state index contributed by atoms with van der Waals surface area (Å²) in [5.41, 5.74) is 0. The number of rotatable bonds is 9. The molecule has 2 aromatic rings. The van der Waals surface area contributed by atoms with Gasteiger partial charge in [-0.3, -0.25) is 0 Å². The molecule has 0 N–H and O–H groups in total. The van der Waals surface area contributed by atoms with E-state index >= 15 is 0 Å². The molecule has 2 aromatic heterocycles. The van der Waals surface area contributed by atoms with Gasteiger partial charge in [-0.1, -0.05) is 12.1 Å². The van der Waals surface area contributed by atoms with Crippen molar-refractivity contribution in [3.8, 4) is 0 Å². The molecule has 0 fully saturated rings. The van der Waals surface area contributed by atoms with Crippen molar-refractivity contribution in [3.63, 3.8) is 0 Å². The van der Waals surface area contributed by atoms with Gasteiger partial charge in [0.25, 0.3) is 0 Å². The van der Waals surface area contributed by atoms with Crippen molar-refractivity contribution >= 4 is 22.7 Å². The molecule has 0 aliphatic rings. The van der Waals surface area contributed by atoms with Crippen molar-refractivity contribution < 1.29 is 14.2 Å². The number of methoxy groups -OCH3 is 1. The summed E-state index contributed by atoms with van der Waals surface area (Å²) >= 11 is 3.44. The first-order chi connectivity index (χ1) is 9.42. The fraction of sp³-hybridized carbons (Fsp3) is 0.429. The molecule has 0 saturated carbocycles. The lowest BCUT2D eigenvalue weighted by atomic mass is 10.2. The van der Waals surface area contributed by atoms with Crippen LogP contribution in [0.1, 0.15) is 15.9 Å². The second-order valence-corrected chi connectivity index (χ2v) is 5.85. The van der Waals surface area contributed by atoms with Crippen molar-refractivity contribution in [3.05, 3.63) is 44.8 Å². The first kappa shape index (κ1) is 14.7. The molecule has 19 heavy (non-hydrogen) atoms. The Morgan fingerprint density at radius 1 is 0.947 bits per heavy atom. The molecule has 104 valence electrons. The Labute approximate surface area is 121 Å². The molecule has 0 aliphatic carbocycles. The molecule has 0 unspecified atom stereocenters. The van der Waals surface area contributed by atoms with Gasteiger partial charge in [0.1, 0.15) is 6.10 Å². The van der Waals surface area contributed by atoms with Crippen molar-refractivity contribution in [1.82, 2.24) is 0 Å². The lowest BCUT2D eigenvalue weighted by Crippen LogP contribution is -2.11. The zero-order chi connectivity index (χ0) is 13.3. The molecule has 0 radical (unpaired) electrons. The van der Waals surface area contributed by atoms with E-state index in [4.69, 9.17) is 14.2 Å². The zero-order valence-electron chi connectivity index (χ0n) is 10.9. The molecular formula is C14H18O3S2. The molecule has 2 rings (SSSR count). The van der Waals surface area contributed by atoms with Crippen molar-refractivity contribution in [1.29, 1.82) is 0 Å². The quantitative estimate of drug-likeness (QED) is 0.662. The maximum Gasteiger partial charge on any atom is 0.126 e. The summed E-state index contributed by atoms with van der Waals surface area (Å²) in [6, 6.07) is 8.33. The Bertz CT molecular complexity index is 391. The van der Waals surface area contributed by atoms with Gasteiger partial charge >= 0.3 is 0 Å². The Kier molecular flexibility index (Phi) is 6.53. The first-order valence-corrected chi connectivity index (χ1v) is 7.93. The Morgan fingerprint density at radius 3 is 2.11 bits per heavy atom. The van der Waals surface area contributed by atoms with E-state index in [1.54, 1.807) is 29.8 Å². The van der Waals surface area contributed by atoms with Crippen LogP contribution in [0.2, 0.25) is 0 Å². The van der Waals surface area contributed by atoms with Crippen LogP contribution in [0.5, 0.6) is 0 Å². The molecule has 2 heterocycles. The van der Waals surface area contributed by atoms with Gasteiger partial charge in [-0.05, 0) is 22.9 Å². The van der Waals surface area contributed by atoms with E-state index in [1.165, 1.54) is 9.75 Å². The highest BCUT2D eigenvalue weighted by molar-refractivity contribution is 7.11. The number of thiophene rings is 2. The number of hydrogen-bond acceptors (Lipinski definition) is 5. The summed E-state index contributed by atoms with van der Waals surface area (Å²) in [6.07, 6.45) is 0.0334. The normalized spacial score (nSPS) is 11.3. The minimum Gasteiger partial charge on any atom is -0.382 e. The number of hydrogen-bond donors (Lipinski definition) is 0. The smallest absolute Gasteiger partial charge is 0.126 e. The predicted octanol–water partition coefficient (Wildman–Crippen LogP) is 3.58. The van der Waals surface area contributed by atoms with E-state index in [0.717, 1.165) is 0 Å². The second kappa shape index (κ2) is 8.45. The average molecular weight is 298 g/mol. The molecule has 0 aliphatic heterocycles. The van der Waals surface area contributed by atoms with E-state index in [2.05, 4.69) is 35.0 Å². The molecule has 0 spiro atoms. The van der Waals surface area contributed by atoms with Gasteiger partial charge in [0, 0.05) is 16.9 Å². The van der Waals surface area contributed by atoms with E-state index in [0.29, 0.717) is 26.4 Å². The maximum atomic E-state index is 5.97. The summed E-state index contributed by atoms with van der Waals surface area (Å²) in [4.78, 5) is 2.47. The summed E-state index contributed by atoms with van der Waals surface area (Å²) in [5, 5.41) is 4.16. The minimum absolute atomic E-state index is 0.0334. The third-order valence-corrected chi connectivity index (χ3v) is 4.38. The first-order valence-electron chi connectivity index (χ1n) is 6.17. The fourth-order valence-electron chi connectivity index (χ4n) is 1.65. The molecular weight excluding hydrogens is 280 g/mol. The zero-order valence-corrected chi connectivity index (χ0v) is 12.5. The summed E-state index contributed by atoms with van der Waals surface area (Å²) in [7, 11) is 1.67.